The number of Topliss-reactive ketones (excluding diaryl/α,β-unsaturated/α-hetero) is 1. The lowest BCUT2D eigenvalue weighted by atomic mass is 9.62. The summed E-state index contributed by atoms with van der Waals surface area (Å²) in [6, 6.07) is 4.44. The summed E-state index contributed by atoms with van der Waals surface area (Å²) in [6.07, 6.45) is -0.302. The number of benzene rings is 1. The van der Waals surface area contributed by atoms with Crippen molar-refractivity contribution in [3.8, 4) is 0 Å². The molecule has 1 aromatic carbocycles. The molecule has 1 heterocycles. The molecule has 1 saturated heterocycles. The average molecular weight is 556 g/mol. The van der Waals surface area contributed by atoms with Crippen LogP contribution >= 0.6 is 23.2 Å². The smallest absolute Gasteiger partial charge is 0.509 e. The largest absolute Gasteiger partial charge is 0.531 e. The highest BCUT2D eigenvalue weighted by Crippen LogP contribution is 2.54. The molecule has 1 aliphatic carbocycles. The number of halogens is 2. The van der Waals surface area contributed by atoms with Crippen LogP contribution in [0.15, 0.2) is 18.2 Å². The lowest BCUT2D eigenvalue weighted by Gasteiger charge is -2.38. The van der Waals surface area contributed by atoms with E-state index in [2.05, 4.69) is 5.32 Å². The van der Waals surface area contributed by atoms with Crippen LogP contribution in [0.1, 0.15) is 56.3 Å². The van der Waals surface area contributed by atoms with Gasteiger partial charge < -0.3 is 24.8 Å². The third-order valence-corrected chi connectivity index (χ3v) is 7.14. The van der Waals surface area contributed by atoms with Crippen molar-refractivity contribution < 1.29 is 43.5 Å². The summed E-state index contributed by atoms with van der Waals surface area (Å²) in [4.78, 5) is 60.5. The van der Waals surface area contributed by atoms with Gasteiger partial charge in [-0.15, -0.1) is 0 Å². The van der Waals surface area contributed by atoms with Crippen molar-refractivity contribution >= 4 is 59.9 Å². The van der Waals surface area contributed by atoms with E-state index in [-0.39, 0.29) is 47.1 Å². The van der Waals surface area contributed by atoms with Crippen LogP contribution in [0.5, 0.6) is 0 Å². The van der Waals surface area contributed by atoms with Gasteiger partial charge in [0.15, 0.2) is 11.4 Å². The van der Waals surface area contributed by atoms with E-state index >= 15 is 0 Å². The second kappa shape index (κ2) is 11.8. The van der Waals surface area contributed by atoms with Gasteiger partial charge in [-0.3, -0.25) is 19.2 Å². The molecule has 1 aliphatic heterocycles. The van der Waals surface area contributed by atoms with Crippen LogP contribution in [0.3, 0.4) is 0 Å². The average Bonchev–Trinajstić information content (AvgIpc) is 3.54. The lowest BCUT2D eigenvalue weighted by Crippen LogP contribution is -2.56. The van der Waals surface area contributed by atoms with Gasteiger partial charge in [-0.25, -0.2) is 4.79 Å². The molecule has 200 valence electrons. The molecule has 3 N–H and O–H groups in total. The Morgan fingerprint density at radius 3 is 2.54 bits per heavy atom. The molecule has 2 fully saturated rings. The summed E-state index contributed by atoms with van der Waals surface area (Å²) in [5.41, 5.74) is -2.06. The van der Waals surface area contributed by atoms with E-state index in [0.717, 1.165) is 0 Å². The summed E-state index contributed by atoms with van der Waals surface area (Å²) in [5.74, 6) is -5.01. The predicted octanol–water partition coefficient (Wildman–Crippen LogP) is 3.48. The molecule has 1 aromatic rings. The zero-order valence-electron chi connectivity index (χ0n) is 20.4. The first-order chi connectivity index (χ1) is 17.3. The first-order valence-electron chi connectivity index (χ1n) is 11.9. The Labute approximate surface area is 224 Å². The Morgan fingerprint density at radius 2 is 1.92 bits per heavy atom. The number of aliphatic carboxylic acids is 2. The molecule has 0 bridgehead atoms. The van der Waals surface area contributed by atoms with E-state index in [1.54, 1.807) is 6.07 Å². The van der Waals surface area contributed by atoms with Gasteiger partial charge in [0.25, 0.3) is 11.9 Å². The van der Waals surface area contributed by atoms with E-state index in [1.807, 2.05) is 13.8 Å². The second-order valence-corrected chi connectivity index (χ2v) is 10.9. The molecule has 10 nitrogen and oxygen atoms in total. The second-order valence-electron chi connectivity index (χ2n) is 10.0. The van der Waals surface area contributed by atoms with Crippen molar-refractivity contribution in [2.75, 3.05) is 6.54 Å². The van der Waals surface area contributed by atoms with E-state index < -0.39 is 55.2 Å². The van der Waals surface area contributed by atoms with Gasteiger partial charge >= 0.3 is 19.1 Å². The van der Waals surface area contributed by atoms with Gasteiger partial charge in [-0.1, -0.05) is 37.0 Å². The molecule has 0 radical (unpaired) electrons. The standard InChI is InChI=1S/C24H28BCl2NO9/c1-12(2)5-18(25-36-21(32)10-24(37-25,23(34)35)9-20(30)31)16-7-13(16)6-15(29)11-28-22(33)17-8-14(26)3-4-19(17)27/h3-4,8,12-13,16,18H,5-7,9-11H2,1-2H3,(H,28,33)(H,30,31)(H,34,35)/t13-,16?,18+,24?/m0/s1. The Hall–Kier alpha value is -2.63. The minimum atomic E-state index is -2.22. The fourth-order valence-corrected chi connectivity index (χ4v) is 5.17. The SMILES string of the molecule is CC(C)C[C@@H](B1OC(=O)CC(CC(=O)O)(C(=O)O)O1)C1C[C@@H]1CC(=O)CNC(=O)c1cc(Cl)ccc1Cl. The number of amides is 1. The van der Waals surface area contributed by atoms with Crippen molar-refractivity contribution in [3.63, 3.8) is 0 Å². The van der Waals surface area contributed by atoms with Gasteiger partial charge in [-0.2, -0.15) is 0 Å². The maximum atomic E-state index is 12.6. The number of carboxylic acid groups (broad SMARTS) is 2. The minimum Gasteiger partial charge on any atom is -0.509 e. The zero-order valence-corrected chi connectivity index (χ0v) is 21.9. The Bertz CT molecular complexity index is 1090. The predicted molar refractivity (Wildman–Crippen MR) is 133 cm³/mol. The van der Waals surface area contributed by atoms with E-state index in [4.69, 9.17) is 32.5 Å². The third kappa shape index (κ3) is 7.46. The van der Waals surface area contributed by atoms with Crippen LogP contribution in [0.2, 0.25) is 15.9 Å². The molecule has 2 unspecified atom stereocenters. The first-order valence-corrected chi connectivity index (χ1v) is 12.6. The molecule has 0 aromatic heterocycles. The number of carboxylic acids is 2. The van der Waals surface area contributed by atoms with Crippen molar-refractivity contribution in [2.24, 2.45) is 17.8 Å². The molecular weight excluding hydrogens is 528 g/mol. The Kier molecular flexibility index (Phi) is 9.25. The summed E-state index contributed by atoms with van der Waals surface area (Å²) in [7, 11) is -1.24. The summed E-state index contributed by atoms with van der Waals surface area (Å²) >= 11 is 11.9. The number of carbonyl (C=O) groups excluding carboxylic acids is 3. The van der Waals surface area contributed by atoms with Crippen molar-refractivity contribution in [3.05, 3.63) is 33.8 Å². The van der Waals surface area contributed by atoms with E-state index in [0.29, 0.717) is 17.9 Å². The van der Waals surface area contributed by atoms with Crippen LogP contribution < -0.4 is 5.32 Å². The van der Waals surface area contributed by atoms with Gasteiger partial charge in [-0.05, 0) is 48.8 Å². The molecule has 0 spiro atoms. The molecular formula is C24H28BCl2NO9. The molecule has 1 saturated carbocycles. The quantitative estimate of drug-likeness (QED) is 0.328. The van der Waals surface area contributed by atoms with E-state index in [1.165, 1.54) is 12.1 Å². The van der Waals surface area contributed by atoms with Crippen LogP contribution in [0.25, 0.3) is 0 Å². The highest BCUT2D eigenvalue weighted by Gasteiger charge is 2.58. The summed E-state index contributed by atoms with van der Waals surface area (Å²) in [6.45, 7) is 3.67. The highest BCUT2D eigenvalue weighted by molar-refractivity contribution is 6.50. The molecule has 1 amide bonds. The van der Waals surface area contributed by atoms with Gasteiger partial charge in [0.2, 0.25) is 0 Å². The lowest BCUT2D eigenvalue weighted by molar-refractivity contribution is -0.175. The third-order valence-electron chi connectivity index (χ3n) is 6.58. The topological polar surface area (TPSA) is 156 Å². The van der Waals surface area contributed by atoms with Crippen LogP contribution in [0, 0.1) is 17.8 Å². The van der Waals surface area contributed by atoms with Crippen molar-refractivity contribution in [1.29, 1.82) is 0 Å². The normalized spacial score (nSPS) is 23.8. The number of hydrogen-bond acceptors (Lipinski definition) is 7. The number of carbonyl (C=O) groups is 5. The fraction of sp³-hybridized carbons (Fsp3) is 0.542. The molecule has 2 aliphatic rings. The number of hydrogen-bond donors (Lipinski definition) is 3. The number of ketones is 1. The Morgan fingerprint density at radius 1 is 1.22 bits per heavy atom. The molecule has 37 heavy (non-hydrogen) atoms. The van der Waals surface area contributed by atoms with Crippen molar-refractivity contribution in [2.45, 2.75) is 57.4 Å². The maximum Gasteiger partial charge on any atom is 0.531 e. The molecule has 4 atom stereocenters. The van der Waals surface area contributed by atoms with Gasteiger partial charge in [0.05, 0.1) is 30.0 Å². The maximum absolute atomic E-state index is 12.6. The van der Waals surface area contributed by atoms with Gasteiger partial charge in [0.1, 0.15) is 0 Å². The molecule has 13 heteroatoms. The number of rotatable bonds is 12. The first kappa shape index (κ1) is 28.9. The van der Waals surface area contributed by atoms with Crippen LogP contribution in [-0.2, 0) is 28.5 Å². The molecule has 3 rings (SSSR count). The van der Waals surface area contributed by atoms with Crippen LogP contribution in [-0.4, -0.2) is 59.1 Å². The summed E-state index contributed by atoms with van der Waals surface area (Å²) < 4.78 is 11.1. The minimum absolute atomic E-state index is 0.0779. The summed E-state index contributed by atoms with van der Waals surface area (Å²) in [5, 5.41) is 22.0. The number of nitrogens with one attached hydrogen (secondary N) is 1. The highest BCUT2D eigenvalue weighted by atomic mass is 35.5. The Balaban J connectivity index is 1.64. The van der Waals surface area contributed by atoms with E-state index in [9.17, 15) is 34.2 Å². The van der Waals surface area contributed by atoms with Crippen LogP contribution in [0.4, 0.5) is 0 Å². The fourth-order valence-electron chi connectivity index (χ4n) is 4.79. The van der Waals surface area contributed by atoms with Gasteiger partial charge in [0, 0.05) is 17.3 Å². The zero-order chi connectivity index (χ0) is 27.5. The van der Waals surface area contributed by atoms with Crippen molar-refractivity contribution in [1.82, 2.24) is 5.32 Å². The monoisotopic (exact) mass is 555 g/mol.